The molecule has 18 heavy (non-hydrogen) atoms. The van der Waals surface area contributed by atoms with Crippen molar-refractivity contribution in [3.05, 3.63) is 29.8 Å². The molecule has 0 bridgehead atoms. The summed E-state index contributed by atoms with van der Waals surface area (Å²) < 4.78 is 26.5. The summed E-state index contributed by atoms with van der Waals surface area (Å²) in [6.07, 6.45) is 2.43. The predicted octanol–water partition coefficient (Wildman–Crippen LogP) is 2.68. The highest BCUT2D eigenvalue weighted by Crippen LogP contribution is 2.20. The van der Waals surface area contributed by atoms with Crippen molar-refractivity contribution in [2.75, 3.05) is 12.0 Å². The van der Waals surface area contributed by atoms with Crippen LogP contribution in [0.5, 0.6) is 0 Å². The van der Waals surface area contributed by atoms with E-state index in [9.17, 15) is 8.60 Å². The van der Waals surface area contributed by atoms with Gasteiger partial charge in [0.25, 0.3) is 0 Å². The van der Waals surface area contributed by atoms with Gasteiger partial charge in [0, 0.05) is 29.4 Å². The summed E-state index contributed by atoms with van der Waals surface area (Å²) in [7, 11) is -0.815. The van der Waals surface area contributed by atoms with Crippen molar-refractivity contribution >= 4 is 33.4 Å². The highest BCUT2D eigenvalue weighted by atomic mass is 35.5. The summed E-state index contributed by atoms with van der Waals surface area (Å²) in [4.78, 5) is 4.21. The van der Waals surface area contributed by atoms with Gasteiger partial charge in [0.15, 0.2) is 5.82 Å². The van der Waals surface area contributed by atoms with Crippen LogP contribution in [0.4, 0.5) is 4.39 Å². The van der Waals surface area contributed by atoms with Crippen LogP contribution in [0.1, 0.15) is 12.2 Å². The van der Waals surface area contributed by atoms with Crippen LogP contribution in [0.2, 0.25) is 0 Å². The second-order valence-corrected chi connectivity index (χ2v) is 5.87. The van der Waals surface area contributed by atoms with Crippen molar-refractivity contribution in [2.45, 2.75) is 18.8 Å². The van der Waals surface area contributed by atoms with E-state index in [2.05, 4.69) is 4.98 Å². The maximum absolute atomic E-state index is 13.6. The Balaban J connectivity index is 2.35. The third kappa shape index (κ3) is 2.72. The molecule has 1 heterocycles. The molecule has 2 aromatic rings. The van der Waals surface area contributed by atoms with Crippen molar-refractivity contribution in [1.29, 1.82) is 0 Å². The van der Waals surface area contributed by atoms with E-state index in [1.807, 2.05) is 10.6 Å². The van der Waals surface area contributed by atoms with Crippen LogP contribution in [0.25, 0.3) is 11.0 Å². The molecule has 0 amide bonds. The van der Waals surface area contributed by atoms with E-state index in [-0.39, 0.29) is 11.7 Å². The maximum atomic E-state index is 13.6. The van der Waals surface area contributed by atoms with Gasteiger partial charge in [0.05, 0.1) is 11.4 Å². The molecule has 1 atom stereocenters. The topological polar surface area (TPSA) is 34.9 Å². The zero-order valence-corrected chi connectivity index (χ0v) is 11.6. The van der Waals surface area contributed by atoms with Crippen molar-refractivity contribution in [2.24, 2.45) is 0 Å². The largest absolute Gasteiger partial charge is 0.327 e. The van der Waals surface area contributed by atoms with Gasteiger partial charge in [-0.15, -0.1) is 11.6 Å². The molecule has 2 rings (SSSR count). The number of aryl methyl sites for hydroxylation is 1. The monoisotopic (exact) mass is 288 g/mol. The Hall–Kier alpha value is -0.940. The minimum Gasteiger partial charge on any atom is -0.327 e. The number of rotatable bonds is 5. The molecule has 6 heteroatoms. The number of para-hydroxylation sites is 1. The minimum absolute atomic E-state index is 0.239. The Bertz CT molecular complexity index is 585. The first kappa shape index (κ1) is 13.5. The lowest BCUT2D eigenvalue weighted by molar-refractivity contribution is 0.637. The van der Waals surface area contributed by atoms with Crippen molar-refractivity contribution < 1.29 is 8.60 Å². The molecule has 0 spiro atoms. The molecule has 1 aromatic carbocycles. The van der Waals surface area contributed by atoms with Gasteiger partial charge in [-0.25, -0.2) is 9.37 Å². The Morgan fingerprint density at radius 3 is 2.94 bits per heavy atom. The second-order valence-electron chi connectivity index (χ2n) is 4.05. The van der Waals surface area contributed by atoms with Gasteiger partial charge in [-0.1, -0.05) is 6.07 Å². The third-order valence-electron chi connectivity index (χ3n) is 2.74. The van der Waals surface area contributed by atoms with E-state index in [4.69, 9.17) is 11.6 Å². The van der Waals surface area contributed by atoms with E-state index >= 15 is 0 Å². The minimum atomic E-state index is -0.815. The molecule has 0 N–H and O–H groups in total. The number of hydrogen-bond donors (Lipinski definition) is 0. The van der Waals surface area contributed by atoms with E-state index < -0.39 is 10.8 Å². The number of nitrogens with zero attached hydrogens (tertiary/aromatic N) is 2. The Morgan fingerprint density at radius 1 is 1.50 bits per heavy atom. The smallest absolute Gasteiger partial charge is 0.151 e. The normalized spacial score (nSPS) is 13.1. The molecule has 0 saturated carbocycles. The average Bonchev–Trinajstić information content (AvgIpc) is 2.69. The highest BCUT2D eigenvalue weighted by molar-refractivity contribution is 7.84. The number of alkyl halides is 1. The van der Waals surface area contributed by atoms with Crippen LogP contribution in [0.3, 0.4) is 0 Å². The predicted molar refractivity (Wildman–Crippen MR) is 72.8 cm³/mol. The standard InChI is InChI=1S/C12H14ClFN2OS/c1-18(17)7-3-6-16-10-5-2-4-9(14)12(10)15-11(16)8-13/h2,4-5H,3,6-8H2,1H3. The van der Waals surface area contributed by atoms with Gasteiger partial charge in [0.2, 0.25) is 0 Å². The van der Waals surface area contributed by atoms with E-state index in [1.165, 1.54) is 6.07 Å². The Morgan fingerprint density at radius 2 is 2.28 bits per heavy atom. The van der Waals surface area contributed by atoms with Crippen LogP contribution in [0, 0.1) is 5.82 Å². The molecule has 1 aromatic heterocycles. The van der Waals surface area contributed by atoms with Gasteiger partial charge in [-0.2, -0.15) is 0 Å². The summed E-state index contributed by atoms with van der Waals surface area (Å²) >= 11 is 5.83. The quantitative estimate of drug-likeness (QED) is 0.793. The molecule has 0 aliphatic carbocycles. The second kappa shape index (κ2) is 5.80. The van der Waals surface area contributed by atoms with Crippen molar-refractivity contribution in [3.63, 3.8) is 0 Å². The summed E-state index contributed by atoms with van der Waals surface area (Å²) in [6.45, 7) is 0.654. The fraction of sp³-hybridized carbons (Fsp3) is 0.417. The molecule has 1 unspecified atom stereocenters. The first-order valence-electron chi connectivity index (χ1n) is 5.63. The lowest BCUT2D eigenvalue weighted by Crippen LogP contribution is -2.06. The molecular weight excluding hydrogens is 275 g/mol. The highest BCUT2D eigenvalue weighted by Gasteiger charge is 2.12. The van der Waals surface area contributed by atoms with Gasteiger partial charge in [0.1, 0.15) is 11.3 Å². The summed E-state index contributed by atoms with van der Waals surface area (Å²) in [5.74, 6) is 1.18. The van der Waals surface area contributed by atoms with Crippen LogP contribution >= 0.6 is 11.6 Å². The molecule has 3 nitrogen and oxygen atoms in total. The number of hydrogen-bond acceptors (Lipinski definition) is 2. The number of halogens is 2. The lowest BCUT2D eigenvalue weighted by Gasteiger charge is -2.06. The first-order chi connectivity index (χ1) is 8.63. The fourth-order valence-corrected chi connectivity index (χ4v) is 2.68. The van der Waals surface area contributed by atoms with Crippen molar-refractivity contribution in [3.8, 4) is 0 Å². The van der Waals surface area contributed by atoms with Crippen LogP contribution in [-0.4, -0.2) is 25.8 Å². The van der Waals surface area contributed by atoms with Gasteiger partial charge in [-0.05, 0) is 18.6 Å². The number of aromatic nitrogens is 2. The summed E-state index contributed by atoms with van der Waals surface area (Å²) in [5.41, 5.74) is 1.10. The van der Waals surface area contributed by atoms with Crippen molar-refractivity contribution in [1.82, 2.24) is 9.55 Å². The summed E-state index contributed by atoms with van der Waals surface area (Å²) in [6, 6.07) is 4.87. The molecular formula is C12H14ClFN2OS. The van der Waals surface area contributed by atoms with Gasteiger partial charge >= 0.3 is 0 Å². The zero-order chi connectivity index (χ0) is 13.1. The van der Waals surface area contributed by atoms with E-state index in [1.54, 1.807) is 12.3 Å². The number of imidazole rings is 1. The molecule has 0 saturated heterocycles. The SMILES string of the molecule is CS(=O)CCCn1c(CCl)nc2c(F)cccc21. The average molecular weight is 289 g/mol. The number of fused-ring (bicyclic) bond motifs is 1. The molecule has 98 valence electrons. The van der Waals surface area contributed by atoms with Crippen LogP contribution in [-0.2, 0) is 23.2 Å². The first-order valence-corrected chi connectivity index (χ1v) is 7.89. The van der Waals surface area contributed by atoms with E-state index in [0.717, 1.165) is 11.9 Å². The lowest BCUT2D eigenvalue weighted by atomic mass is 10.3. The molecule has 0 radical (unpaired) electrons. The van der Waals surface area contributed by atoms with Crippen LogP contribution in [0.15, 0.2) is 18.2 Å². The summed E-state index contributed by atoms with van der Waals surface area (Å²) in [5, 5.41) is 0. The number of benzene rings is 1. The Labute approximate surface area is 112 Å². The van der Waals surface area contributed by atoms with Gasteiger partial charge in [-0.3, -0.25) is 4.21 Å². The molecule has 0 aliphatic heterocycles. The third-order valence-corrected chi connectivity index (χ3v) is 3.84. The molecule has 0 fully saturated rings. The zero-order valence-electron chi connectivity index (χ0n) is 10.0. The van der Waals surface area contributed by atoms with Gasteiger partial charge < -0.3 is 4.57 Å². The fourth-order valence-electron chi connectivity index (χ4n) is 1.94. The van der Waals surface area contributed by atoms with E-state index in [0.29, 0.717) is 23.6 Å². The Kier molecular flexibility index (Phi) is 4.35. The maximum Gasteiger partial charge on any atom is 0.151 e. The molecule has 0 aliphatic rings. The van der Waals surface area contributed by atoms with Crippen LogP contribution < -0.4 is 0 Å².